The zero-order valence-electron chi connectivity index (χ0n) is 9.49. The summed E-state index contributed by atoms with van der Waals surface area (Å²) in [6.07, 6.45) is 2.34. The fraction of sp³-hybridized carbons (Fsp3) is 0.583. The molecule has 2 saturated heterocycles. The van der Waals surface area contributed by atoms with Crippen LogP contribution in [0.1, 0.15) is 23.4 Å². The number of piperidine rings is 1. The maximum atomic E-state index is 11.9. The number of fused-ring (bicyclic) bond motifs is 2. The molecular formula is C12H15ClN2O2. The molecule has 2 aliphatic rings. The molecule has 1 N–H and O–H groups in total. The second-order valence-electron chi connectivity index (χ2n) is 4.92. The van der Waals surface area contributed by atoms with E-state index < -0.39 is 0 Å². The first-order chi connectivity index (χ1) is 8.20. The van der Waals surface area contributed by atoms with Crippen LogP contribution in [0.15, 0.2) is 16.5 Å². The molecule has 2 fully saturated rings. The van der Waals surface area contributed by atoms with Crippen molar-refractivity contribution in [1.29, 1.82) is 0 Å². The fourth-order valence-corrected chi connectivity index (χ4v) is 3.00. The van der Waals surface area contributed by atoms with Crippen molar-refractivity contribution in [2.45, 2.75) is 18.9 Å². The number of carbonyl (C=O) groups is 1. The zero-order valence-corrected chi connectivity index (χ0v) is 10.2. The lowest BCUT2D eigenvalue weighted by Gasteiger charge is -2.30. The predicted octanol–water partition coefficient (Wildman–Crippen LogP) is 1.76. The number of halogens is 1. The van der Waals surface area contributed by atoms with Crippen molar-refractivity contribution in [3.05, 3.63) is 23.1 Å². The standard InChI is InChI=1S/C12H15ClN2O2/c13-11-2-1-10(17-11)12(16)14-9-5-8-3-4-15(6-8)7-9/h1-2,8-9H,3-7H2,(H,14,16)/t8-,9-/m1/s1. The smallest absolute Gasteiger partial charge is 0.287 e. The Morgan fingerprint density at radius 1 is 1.47 bits per heavy atom. The Bertz CT molecular complexity index is 420. The van der Waals surface area contributed by atoms with Gasteiger partial charge >= 0.3 is 0 Å². The average Bonchev–Trinajstić information content (AvgIpc) is 2.85. The van der Waals surface area contributed by atoms with Crippen molar-refractivity contribution in [1.82, 2.24) is 10.2 Å². The molecular weight excluding hydrogens is 240 g/mol. The van der Waals surface area contributed by atoms with E-state index in [9.17, 15) is 4.79 Å². The van der Waals surface area contributed by atoms with E-state index >= 15 is 0 Å². The largest absolute Gasteiger partial charge is 0.440 e. The van der Waals surface area contributed by atoms with Crippen LogP contribution in [0, 0.1) is 5.92 Å². The summed E-state index contributed by atoms with van der Waals surface area (Å²) in [5, 5.41) is 3.27. The highest BCUT2D eigenvalue weighted by Gasteiger charge is 2.33. The molecule has 1 aromatic rings. The highest BCUT2D eigenvalue weighted by atomic mass is 35.5. The first-order valence-electron chi connectivity index (χ1n) is 5.99. The zero-order chi connectivity index (χ0) is 11.8. The van der Waals surface area contributed by atoms with Crippen LogP contribution in [0.2, 0.25) is 5.22 Å². The van der Waals surface area contributed by atoms with Crippen LogP contribution in [0.3, 0.4) is 0 Å². The second kappa shape index (κ2) is 4.35. The van der Waals surface area contributed by atoms with Gasteiger partial charge in [0, 0.05) is 19.1 Å². The van der Waals surface area contributed by atoms with Gasteiger partial charge in [-0.1, -0.05) is 0 Å². The molecule has 0 aliphatic carbocycles. The average molecular weight is 255 g/mol. The minimum absolute atomic E-state index is 0.163. The molecule has 2 bridgehead atoms. The molecule has 4 nitrogen and oxygen atoms in total. The Kier molecular flexibility index (Phi) is 2.84. The number of furan rings is 1. The second-order valence-corrected chi connectivity index (χ2v) is 5.30. The lowest BCUT2D eigenvalue weighted by molar-refractivity contribution is 0.0881. The molecule has 1 unspecified atom stereocenters. The van der Waals surface area contributed by atoms with Crippen molar-refractivity contribution >= 4 is 17.5 Å². The van der Waals surface area contributed by atoms with E-state index in [4.69, 9.17) is 16.0 Å². The highest BCUT2D eigenvalue weighted by Crippen LogP contribution is 2.26. The van der Waals surface area contributed by atoms with Crippen molar-refractivity contribution in [3.8, 4) is 0 Å². The molecule has 0 spiro atoms. The quantitative estimate of drug-likeness (QED) is 0.875. The first kappa shape index (κ1) is 11.1. The topological polar surface area (TPSA) is 45.5 Å². The Hall–Kier alpha value is -1.00. The number of rotatable bonds is 2. The Balaban J connectivity index is 1.62. The number of amides is 1. The first-order valence-corrected chi connectivity index (χ1v) is 6.37. The molecule has 0 saturated carbocycles. The molecule has 5 heteroatoms. The van der Waals surface area contributed by atoms with Gasteiger partial charge in [0.1, 0.15) is 0 Å². The van der Waals surface area contributed by atoms with Gasteiger partial charge in [-0.25, -0.2) is 0 Å². The third-order valence-corrected chi connectivity index (χ3v) is 3.80. The van der Waals surface area contributed by atoms with Gasteiger partial charge in [0.25, 0.3) is 5.91 Å². The number of carbonyl (C=O) groups excluding carboxylic acids is 1. The van der Waals surface area contributed by atoms with Crippen molar-refractivity contribution in [2.75, 3.05) is 19.6 Å². The monoisotopic (exact) mass is 254 g/mol. The third-order valence-electron chi connectivity index (χ3n) is 3.60. The number of hydrogen-bond acceptors (Lipinski definition) is 3. The van der Waals surface area contributed by atoms with Gasteiger partial charge in [0.2, 0.25) is 0 Å². The predicted molar refractivity (Wildman–Crippen MR) is 64.1 cm³/mol. The van der Waals surface area contributed by atoms with Crippen LogP contribution >= 0.6 is 11.6 Å². The molecule has 1 aromatic heterocycles. The Morgan fingerprint density at radius 3 is 3.06 bits per heavy atom. The van der Waals surface area contributed by atoms with Gasteiger partial charge in [0.05, 0.1) is 0 Å². The minimum Gasteiger partial charge on any atom is -0.440 e. The summed E-state index contributed by atoms with van der Waals surface area (Å²) in [5.41, 5.74) is 0. The molecule has 3 atom stereocenters. The lowest BCUT2D eigenvalue weighted by atomic mass is 9.97. The summed E-state index contributed by atoms with van der Waals surface area (Å²) in [6.45, 7) is 3.32. The highest BCUT2D eigenvalue weighted by molar-refractivity contribution is 6.29. The maximum absolute atomic E-state index is 11.9. The molecule has 3 heterocycles. The molecule has 0 radical (unpaired) electrons. The summed E-state index contributed by atoms with van der Waals surface area (Å²) in [5.74, 6) is 0.876. The van der Waals surface area contributed by atoms with Crippen molar-refractivity contribution in [2.24, 2.45) is 5.92 Å². The Morgan fingerprint density at radius 2 is 2.35 bits per heavy atom. The summed E-state index contributed by atoms with van der Waals surface area (Å²) in [7, 11) is 0. The maximum Gasteiger partial charge on any atom is 0.287 e. The van der Waals surface area contributed by atoms with E-state index in [1.54, 1.807) is 12.1 Å². The van der Waals surface area contributed by atoms with Gasteiger partial charge in [-0.3, -0.25) is 4.79 Å². The summed E-state index contributed by atoms with van der Waals surface area (Å²) in [6, 6.07) is 3.44. The molecule has 17 heavy (non-hydrogen) atoms. The van der Waals surface area contributed by atoms with Crippen molar-refractivity contribution < 1.29 is 9.21 Å². The molecule has 3 rings (SSSR count). The van der Waals surface area contributed by atoms with Crippen LogP contribution in [0.25, 0.3) is 0 Å². The van der Waals surface area contributed by atoms with Gasteiger partial charge in [-0.2, -0.15) is 0 Å². The van der Waals surface area contributed by atoms with E-state index in [1.165, 1.54) is 19.5 Å². The van der Waals surface area contributed by atoms with Gasteiger partial charge in [-0.05, 0) is 49.0 Å². The Labute approximate surface area is 105 Å². The molecule has 92 valence electrons. The number of nitrogens with one attached hydrogen (secondary N) is 1. The summed E-state index contributed by atoms with van der Waals surface area (Å²) >= 11 is 5.65. The molecule has 0 aromatic carbocycles. The van der Waals surface area contributed by atoms with Crippen molar-refractivity contribution in [3.63, 3.8) is 0 Å². The normalized spacial score (nSPS) is 31.5. The number of hydrogen-bond donors (Lipinski definition) is 1. The fourth-order valence-electron chi connectivity index (χ4n) is 2.86. The van der Waals surface area contributed by atoms with Crippen LogP contribution in [0.4, 0.5) is 0 Å². The SMILES string of the molecule is O=C(N[C@@H]1C[C@H]2CCN(C2)C1)c1ccc(Cl)o1. The van der Waals surface area contributed by atoms with E-state index in [2.05, 4.69) is 10.2 Å². The summed E-state index contributed by atoms with van der Waals surface area (Å²) in [4.78, 5) is 14.3. The summed E-state index contributed by atoms with van der Waals surface area (Å²) < 4.78 is 5.10. The van der Waals surface area contributed by atoms with Gasteiger partial charge < -0.3 is 14.6 Å². The molecule has 1 amide bonds. The van der Waals surface area contributed by atoms with E-state index in [0.717, 1.165) is 18.9 Å². The molecule has 2 aliphatic heterocycles. The van der Waals surface area contributed by atoms with Gasteiger partial charge in [-0.15, -0.1) is 0 Å². The van der Waals surface area contributed by atoms with Crippen LogP contribution in [0.5, 0.6) is 0 Å². The van der Waals surface area contributed by atoms with Crippen LogP contribution in [-0.2, 0) is 0 Å². The van der Waals surface area contributed by atoms with Crippen LogP contribution < -0.4 is 5.32 Å². The lowest BCUT2D eigenvalue weighted by Crippen LogP contribution is -2.46. The number of nitrogens with zero attached hydrogens (tertiary/aromatic N) is 1. The van der Waals surface area contributed by atoms with E-state index in [1.807, 2.05) is 0 Å². The van der Waals surface area contributed by atoms with Gasteiger partial charge in [0.15, 0.2) is 11.0 Å². The van der Waals surface area contributed by atoms with E-state index in [-0.39, 0.29) is 17.2 Å². The third kappa shape index (κ3) is 2.33. The minimum atomic E-state index is -0.163. The van der Waals surface area contributed by atoms with E-state index in [0.29, 0.717) is 5.76 Å². The van der Waals surface area contributed by atoms with Crippen LogP contribution in [-0.4, -0.2) is 36.5 Å².